The highest BCUT2D eigenvalue weighted by Gasteiger charge is 2.14. The first-order chi connectivity index (χ1) is 12.3. The Kier molecular flexibility index (Phi) is 6.74. The molecule has 1 fully saturated rings. The van der Waals surface area contributed by atoms with Gasteiger partial charge in [0.05, 0.1) is 31.1 Å². The first-order valence-corrected chi connectivity index (χ1v) is 9.43. The number of benzene rings is 1. The second kappa shape index (κ2) is 9.47. The normalized spacial score (nSPS) is 17.8. The van der Waals surface area contributed by atoms with Crippen molar-refractivity contribution in [1.82, 2.24) is 5.32 Å². The molecule has 0 radical (unpaired) electrons. The lowest BCUT2D eigenvalue weighted by Gasteiger charge is -2.30. The van der Waals surface area contributed by atoms with Crippen molar-refractivity contribution in [3.63, 3.8) is 0 Å². The molecule has 1 aliphatic heterocycles. The summed E-state index contributed by atoms with van der Waals surface area (Å²) in [5, 5.41) is 6.31. The average molecular weight is 343 g/mol. The van der Waals surface area contributed by atoms with Gasteiger partial charge in [-0.25, -0.2) is 0 Å². The molecule has 1 amide bonds. The predicted molar refractivity (Wildman–Crippen MR) is 102 cm³/mol. The van der Waals surface area contributed by atoms with E-state index in [2.05, 4.69) is 27.7 Å². The fraction of sp³-hybridized carbons (Fsp3) is 0.550. The molecule has 1 aliphatic carbocycles. The lowest BCUT2D eigenvalue weighted by atomic mass is 9.97. The summed E-state index contributed by atoms with van der Waals surface area (Å²) in [6.45, 7) is 4.33. The monoisotopic (exact) mass is 343 g/mol. The van der Waals surface area contributed by atoms with Crippen LogP contribution in [0.25, 0.3) is 0 Å². The van der Waals surface area contributed by atoms with Crippen LogP contribution in [0.5, 0.6) is 0 Å². The van der Waals surface area contributed by atoms with Crippen LogP contribution in [0.1, 0.15) is 32.1 Å². The summed E-state index contributed by atoms with van der Waals surface area (Å²) < 4.78 is 5.42. The highest BCUT2D eigenvalue weighted by Crippen LogP contribution is 2.26. The van der Waals surface area contributed by atoms with Gasteiger partial charge in [0.25, 0.3) is 0 Å². The van der Waals surface area contributed by atoms with Crippen LogP contribution in [0.3, 0.4) is 0 Å². The molecule has 0 bridgehead atoms. The number of ether oxygens (including phenoxy) is 1. The van der Waals surface area contributed by atoms with Crippen molar-refractivity contribution in [3.8, 4) is 0 Å². The molecule has 2 aliphatic rings. The number of carbonyl (C=O) groups excluding carboxylic acids is 1. The van der Waals surface area contributed by atoms with E-state index in [1.54, 1.807) is 0 Å². The maximum absolute atomic E-state index is 12.1. The van der Waals surface area contributed by atoms with Gasteiger partial charge in [0.2, 0.25) is 5.91 Å². The molecule has 25 heavy (non-hydrogen) atoms. The van der Waals surface area contributed by atoms with Gasteiger partial charge in [-0.3, -0.25) is 4.79 Å². The SMILES string of the molecule is O=C(CNc1ccccc1N1CCOCC1)NCCC1=CCCCC1. The summed E-state index contributed by atoms with van der Waals surface area (Å²) in [4.78, 5) is 14.4. The maximum Gasteiger partial charge on any atom is 0.239 e. The number of carbonyl (C=O) groups is 1. The number of morpholine rings is 1. The molecule has 0 atom stereocenters. The Morgan fingerprint density at radius 1 is 1.16 bits per heavy atom. The van der Waals surface area contributed by atoms with Crippen LogP contribution in [0.2, 0.25) is 0 Å². The van der Waals surface area contributed by atoms with Gasteiger partial charge < -0.3 is 20.3 Å². The number of anilines is 2. The molecule has 1 aromatic rings. The molecule has 0 spiro atoms. The topological polar surface area (TPSA) is 53.6 Å². The molecule has 0 aromatic heterocycles. The molecule has 136 valence electrons. The fourth-order valence-corrected chi connectivity index (χ4v) is 3.44. The first kappa shape index (κ1) is 17.8. The summed E-state index contributed by atoms with van der Waals surface area (Å²) in [6.07, 6.45) is 8.31. The van der Waals surface area contributed by atoms with Gasteiger partial charge in [0.1, 0.15) is 0 Å². The average Bonchev–Trinajstić information content (AvgIpc) is 2.68. The van der Waals surface area contributed by atoms with Crippen LogP contribution in [-0.2, 0) is 9.53 Å². The summed E-state index contributed by atoms with van der Waals surface area (Å²) in [7, 11) is 0. The van der Waals surface area contributed by atoms with E-state index in [9.17, 15) is 4.79 Å². The van der Waals surface area contributed by atoms with E-state index in [4.69, 9.17) is 4.74 Å². The van der Waals surface area contributed by atoms with Crippen molar-refractivity contribution < 1.29 is 9.53 Å². The van der Waals surface area contributed by atoms with E-state index in [-0.39, 0.29) is 5.91 Å². The largest absolute Gasteiger partial charge is 0.378 e. The molecule has 3 rings (SSSR count). The maximum atomic E-state index is 12.1. The number of nitrogens with zero attached hydrogens (tertiary/aromatic N) is 1. The minimum atomic E-state index is 0.0492. The number of hydrogen-bond donors (Lipinski definition) is 2. The zero-order valence-electron chi connectivity index (χ0n) is 14.9. The second-order valence-corrected chi connectivity index (χ2v) is 6.68. The molecular formula is C20H29N3O2. The first-order valence-electron chi connectivity index (χ1n) is 9.43. The van der Waals surface area contributed by atoms with Gasteiger partial charge in [0, 0.05) is 19.6 Å². The van der Waals surface area contributed by atoms with Gasteiger partial charge in [-0.2, -0.15) is 0 Å². The quantitative estimate of drug-likeness (QED) is 0.748. The molecule has 0 saturated carbocycles. The van der Waals surface area contributed by atoms with E-state index in [0.717, 1.165) is 50.6 Å². The number of para-hydroxylation sites is 2. The Bertz CT molecular complexity index is 594. The van der Waals surface area contributed by atoms with Crippen LogP contribution < -0.4 is 15.5 Å². The molecule has 5 heteroatoms. The summed E-state index contributed by atoms with van der Waals surface area (Å²) in [6, 6.07) is 8.17. The Morgan fingerprint density at radius 2 is 2.00 bits per heavy atom. The van der Waals surface area contributed by atoms with Gasteiger partial charge in [-0.1, -0.05) is 23.8 Å². The van der Waals surface area contributed by atoms with Gasteiger partial charge in [-0.05, 0) is 44.2 Å². The zero-order valence-corrected chi connectivity index (χ0v) is 14.9. The Morgan fingerprint density at radius 3 is 2.80 bits per heavy atom. The van der Waals surface area contributed by atoms with E-state index in [0.29, 0.717) is 6.54 Å². The van der Waals surface area contributed by atoms with Gasteiger partial charge in [-0.15, -0.1) is 0 Å². The Balaban J connectivity index is 1.44. The smallest absolute Gasteiger partial charge is 0.239 e. The lowest BCUT2D eigenvalue weighted by molar-refractivity contribution is -0.119. The van der Waals surface area contributed by atoms with Crippen molar-refractivity contribution in [2.45, 2.75) is 32.1 Å². The van der Waals surface area contributed by atoms with Crippen LogP contribution in [-0.4, -0.2) is 45.3 Å². The standard InChI is InChI=1S/C20H29N3O2/c24-20(21-11-10-17-6-2-1-3-7-17)16-22-18-8-4-5-9-19(18)23-12-14-25-15-13-23/h4-6,8-9,22H,1-3,7,10-16H2,(H,21,24). The minimum Gasteiger partial charge on any atom is -0.378 e. The van der Waals surface area contributed by atoms with Crippen LogP contribution >= 0.6 is 0 Å². The van der Waals surface area contributed by atoms with Crippen molar-refractivity contribution >= 4 is 17.3 Å². The van der Waals surface area contributed by atoms with E-state index < -0.39 is 0 Å². The van der Waals surface area contributed by atoms with Crippen molar-refractivity contribution in [3.05, 3.63) is 35.9 Å². The minimum absolute atomic E-state index is 0.0492. The number of nitrogens with one attached hydrogen (secondary N) is 2. The van der Waals surface area contributed by atoms with Gasteiger partial charge in [0.15, 0.2) is 0 Å². The number of rotatable bonds is 7. The molecule has 2 N–H and O–H groups in total. The highest BCUT2D eigenvalue weighted by atomic mass is 16.5. The van der Waals surface area contributed by atoms with Crippen LogP contribution in [0.4, 0.5) is 11.4 Å². The third-order valence-corrected chi connectivity index (χ3v) is 4.85. The van der Waals surface area contributed by atoms with Crippen molar-refractivity contribution in [1.29, 1.82) is 0 Å². The number of allylic oxidation sites excluding steroid dienone is 1. The lowest BCUT2D eigenvalue weighted by Crippen LogP contribution is -2.37. The highest BCUT2D eigenvalue weighted by molar-refractivity contribution is 5.82. The summed E-state index contributed by atoms with van der Waals surface area (Å²) >= 11 is 0. The van der Waals surface area contributed by atoms with Gasteiger partial charge >= 0.3 is 0 Å². The van der Waals surface area contributed by atoms with Crippen molar-refractivity contribution in [2.75, 3.05) is 49.6 Å². The molecule has 5 nitrogen and oxygen atoms in total. The van der Waals surface area contributed by atoms with E-state index in [1.165, 1.54) is 31.3 Å². The Labute approximate surface area is 150 Å². The summed E-state index contributed by atoms with van der Waals surface area (Å²) in [5.41, 5.74) is 3.65. The third-order valence-electron chi connectivity index (χ3n) is 4.85. The third kappa shape index (κ3) is 5.49. The molecular weight excluding hydrogens is 314 g/mol. The Hall–Kier alpha value is -2.01. The second-order valence-electron chi connectivity index (χ2n) is 6.68. The molecule has 1 saturated heterocycles. The van der Waals surface area contributed by atoms with Crippen LogP contribution in [0.15, 0.2) is 35.9 Å². The van der Waals surface area contributed by atoms with E-state index in [1.807, 2.05) is 18.2 Å². The van der Waals surface area contributed by atoms with Crippen LogP contribution in [0, 0.1) is 0 Å². The molecule has 1 aromatic carbocycles. The van der Waals surface area contributed by atoms with E-state index >= 15 is 0 Å². The number of hydrogen-bond acceptors (Lipinski definition) is 4. The molecule has 0 unspecified atom stereocenters. The van der Waals surface area contributed by atoms with Crippen molar-refractivity contribution in [2.24, 2.45) is 0 Å². The summed E-state index contributed by atoms with van der Waals surface area (Å²) in [5.74, 6) is 0.0492. The number of amides is 1. The molecule has 1 heterocycles. The zero-order chi connectivity index (χ0) is 17.3. The fourth-order valence-electron chi connectivity index (χ4n) is 3.44. The predicted octanol–water partition coefficient (Wildman–Crippen LogP) is 2.94.